The van der Waals surface area contributed by atoms with Gasteiger partial charge in [0.05, 0.1) is 16.4 Å². The van der Waals surface area contributed by atoms with Crippen LogP contribution in [0.4, 0.5) is 13.2 Å². The Bertz CT molecular complexity index is 1060. The minimum absolute atomic E-state index is 0.200. The number of alkyl halides is 3. The van der Waals surface area contributed by atoms with Crippen molar-refractivity contribution in [3.63, 3.8) is 0 Å². The van der Waals surface area contributed by atoms with Crippen molar-refractivity contribution in [1.82, 2.24) is 15.1 Å². The highest BCUT2D eigenvalue weighted by Gasteiger charge is 2.30. The maximum absolute atomic E-state index is 12.5. The van der Waals surface area contributed by atoms with Gasteiger partial charge in [0.2, 0.25) is 0 Å². The van der Waals surface area contributed by atoms with E-state index in [4.69, 9.17) is 23.2 Å². The molecule has 2 aromatic carbocycles. The Morgan fingerprint density at radius 1 is 1.14 bits per heavy atom. The number of hydrogen-bond acceptors (Lipinski definition) is 2. The largest absolute Gasteiger partial charge is 0.405 e. The molecule has 9 heteroatoms. The third-order valence-corrected chi connectivity index (χ3v) is 4.56. The van der Waals surface area contributed by atoms with Crippen LogP contribution in [0.1, 0.15) is 16.1 Å². The second-order valence-electron chi connectivity index (χ2n) is 5.98. The molecule has 0 aliphatic heterocycles. The van der Waals surface area contributed by atoms with Crippen LogP contribution in [0.15, 0.2) is 55.1 Å². The summed E-state index contributed by atoms with van der Waals surface area (Å²) in [6.07, 6.45) is -3.18. The first-order chi connectivity index (χ1) is 13.7. The molecule has 0 bridgehead atoms. The van der Waals surface area contributed by atoms with Crippen molar-refractivity contribution in [2.24, 2.45) is 0 Å². The predicted molar refractivity (Wildman–Crippen MR) is 107 cm³/mol. The first kappa shape index (κ1) is 21.0. The minimum Gasteiger partial charge on any atom is -0.342 e. The molecule has 0 saturated carbocycles. The van der Waals surface area contributed by atoms with Gasteiger partial charge in [0.15, 0.2) is 5.69 Å². The summed E-state index contributed by atoms with van der Waals surface area (Å²) in [4.78, 5) is 12.4. The van der Waals surface area contributed by atoms with Crippen molar-refractivity contribution < 1.29 is 18.0 Å². The molecular formula is C20H14Cl2F3N3O. The summed E-state index contributed by atoms with van der Waals surface area (Å²) in [7, 11) is 0. The number of carbonyl (C=O) groups excluding carboxylic acids is 1. The Kier molecular flexibility index (Phi) is 6.00. The lowest BCUT2D eigenvalue weighted by molar-refractivity contribution is -0.123. The molecule has 0 radical (unpaired) electrons. The summed E-state index contributed by atoms with van der Waals surface area (Å²) in [5.74, 6) is -0.974. The molecule has 1 amide bonds. The van der Waals surface area contributed by atoms with Gasteiger partial charge in [-0.3, -0.25) is 4.79 Å². The Morgan fingerprint density at radius 2 is 1.79 bits per heavy atom. The van der Waals surface area contributed by atoms with Crippen LogP contribution in [0.3, 0.4) is 0 Å². The van der Waals surface area contributed by atoms with Crippen LogP contribution < -0.4 is 5.32 Å². The molecule has 0 atom stereocenters. The number of carbonyl (C=O) groups is 1. The molecule has 1 aromatic heterocycles. The second-order valence-corrected chi connectivity index (χ2v) is 6.83. The fourth-order valence-corrected chi connectivity index (χ4v) is 3.08. The summed E-state index contributed by atoms with van der Waals surface area (Å²) in [6.45, 7) is 2.23. The first-order valence-electron chi connectivity index (χ1n) is 8.32. The van der Waals surface area contributed by atoms with Gasteiger partial charge >= 0.3 is 6.18 Å². The molecule has 0 unspecified atom stereocenters. The lowest BCUT2D eigenvalue weighted by Gasteiger charge is -2.10. The SMILES string of the molecule is C=Cc1c(C(=O)NCC(F)(F)F)nn(-c2ccccc2Cl)c1-c1ccc(Cl)cc1. The summed E-state index contributed by atoms with van der Waals surface area (Å²) < 4.78 is 39.0. The van der Waals surface area contributed by atoms with Crippen LogP contribution in [-0.2, 0) is 0 Å². The third kappa shape index (κ3) is 4.63. The van der Waals surface area contributed by atoms with Gasteiger partial charge in [-0.25, -0.2) is 4.68 Å². The van der Waals surface area contributed by atoms with Crippen LogP contribution in [0.2, 0.25) is 10.0 Å². The van der Waals surface area contributed by atoms with Gasteiger partial charge < -0.3 is 5.32 Å². The Labute approximate surface area is 174 Å². The molecule has 1 heterocycles. The molecule has 4 nitrogen and oxygen atoms in total. The van der Waals surface area contributed by atoms with E-state index in [1.54, 1.807) is 48.5 Å². The van der Waals surface area contributed by atoms with E-state index in [-0.39, 0.29) is 11.3 Å². The highest BCUT2D eigenvalue weighted by Crippen LogP contribution is 2.33. The molecule has 29 heavy (non-hydrogen) atoms. The third-order valence-electron chi connectivity index (χ3n) is 3.99. The zero-order valence-electron chi connectivity index (χ0n) is 14.8. The first-order valence-corrected chi connectivity index (χ1v) is 9.08. The van der Waals surface area contributed by atoms with E-state index in [2.05, 4.69) is 11.7 Å². The topological polar surface area (TPSA) is 46.9 Å². The molecule has 0 aliphatic rings. The fourth-order valence-electron chi connectivity index (χ4n) is 2.74. The van der Waals surface area contributed by atoms with E-state index in [1.165, 1.54) is 10.8 Å². The van der Waals surface area contributed by atoms with Crippen molar-refractivity contribution >= 4 is 35.2 Å². The standard InChI is InChI=1S/C20H14Cl2F3N3O/c1-2-14-17(19(29)26-11-20(23,24)25)27-28(16-6-4-3-5-15(16)22)18(14)12-7-9-13(21)10-8-12/h2-10H,1,11H2,(H,26,29). The smallest absolute Gasteiger partial charge is 0.342 e. The predicted octanol–water partition coefficient (Wildman–Crippen LogP) is 5.78. The number of halogens is 5. The number of rotatable bonds is 5. The monoisotopic (exact) mass is 439 g/mol. The highest BCUT2D eigenvalue weighted by molar-refractivity contribution is 6.32. The van der Waals surface area contributed by atoms with Crippen LogP contribution >= 0.6 is 23.2 Å². The van der Waals surface area contributed by atoms with Gasteiger partial charge in [-0.15, -0.1) is 0 Å². The van der Waals surface area contributed by atoms with E-state index in [0.717, 1.165) is 0 Å². The van der Waals surface area contributed by atoms with Gasteiger partial charge in [0.25, 0.3) is 5.91 Å². The van der Waals surface area contributed by atoms with E-state index in [1.807, 2.05) is 5.32 Å². The quantitative estimate of drug-likeness (QED) is 0.547. The molecule has 0 spiro atoms. The van der Waals surface area contributed by atoms with Gasteiger partial charge in [0.1, 0.15) is 6.54 Å². The Hall–Kier alpha value is -2.77. The molecule has 0 fully saturated rings. The second kappa shape index (κ2) is 8.31. The van der Waals surface area contributed by atoms with Crippen LogP contribution in [0.5, 0.6) is 0 Å². The lowest BCUT2D eigenvalue weighted by Crippen LogP contribution is -2.34. The zero-order chi connectivity index (χ0) is 21.2. The summed E-state index contributed by atoms with van der Waals surface area (Å²) in [6, 6.07) is 13.5. The molecule has 150 valence electrons. The Balaban J connectivity index is 2.20. The van der Waals surface area contributed by atoms with Crippen molar-refractivity contribution in [3.05, 3.63) is 76.4 Å². The number of nitrogens with one attached hydrogen (secondary N) is 1. The van der Waals surface area contributed by atoms with Crippen molar-refractivity contribution in [2.45, 2.75) is 6.18 Å². The average Bonchev–Trinajstić information content (AvgIpc) is 3.06. The van der Waals surface area contributed by atoms with Crippen molar-refractivity contribution in [1.29, 1.82) is 0 Å². The van der Waals surface area contributed by atoms with Crippen LogP contribution in [0, 0.1) is 0 Å². The summed E-state index contributed by atoms with van der Waals surface area (Å²) in [5, 5.41) is 6.95. The van der Waals surface area contributed by atoms with Gasteiger partial charge in [-0.05, 0) is 24.3 Å². The van der Waals surface area contributed by atoms with Gasteiger partial charge in [0, 0.05) is 16.1 Å². The van der Waals surface area contributed by atoms with E-state index >= 15 is 0 Å². The van der Waals surface area contributed by atoms with Gasteiger partial charge in [-0.1, -0.05) is 60.1 Å². The fraction of sp³-hybridized carbons (Fsp3) is 0.100. The molecule has 3 rings (SSSR count). The zero-order valence-corrected chi connectivity index (χ0v) is 16.3. The van der Waals surface area contributed by atoms with Crippen LogP contribution in [0.25, 0.3) is 23.0 Å². The number of hydrogen-bond donors (Lipinski definition) is 1. The molecule has 0 aliphatic carbocycles. The highest BCUT2D eigenvalue weighted by atomic mass is 35.5. The molecule has 0 saturated heterocycles. The summed E-state index contributed by atoms with van der Waals surface area (Å²) in [5.41, 5.74) is 1.60. The van der Waals surface area contributed by atoms with Crippen molar-refractivity contribution in [3.8, 4) is 16.9 Å². The number of nitrogens with zero attached hydrogens (tertiary/aromatic N) is 2. The molecular weight excluding hydrogens is 426 g/mol. The van der Waals surface area contributed by atoms with Crippen molar-refractivity contribution in [2.75, 3.05) is 6.54 Å². The maximum atomic E-state index is 12.5. The van der Waals surface area contributed by atoms with E-state index in [0.29, 0.717) is 27.0 Å². The Morgan fingerprint density at radius 3 is 2.38 bits per heavy atom. The summed E-state index contributed by atoms with van der Waals surface area (Å²) >= 11 is 12.3. The maximum Gasteiger partial charge on any atom is 0.405 e. The molecule has 1 N–H and O–H groups in total. The van der Waals surface area contributed by atoms with E-state index < -0.39 is 18.6 Å². The number of aromatic nitrogens is 2. The number of para-hydroxylation sites is 1. The average molecular weight is 440 g/mol. The number of benzene rings is 2. The lowest BCUT2D eigenvalue weighted by atomic mass is 10.0. The molecule has 3 aromatic rings. The van der Waals surface area contributed by atoms with Gasteiger partial charge in [-0.2, -0.15) is 18.3 Å². The van der Waals surface area contributed by atoms with E-state index in [9.17, 15) is 18.0 Å². The van der Waals surface area contributed by atoms with Crippen LogP contribution in [-0.4, -0.2) is 28.4 Å². The number of amides is 1. The normalized spacial score (nSPS) is 11.3. The minimum atomic E-state index is -4.55.